The summed E-state index contributed by atoms with van der Waals surface area (Å²) in [5.74, 6) is 0. The monoisotopic (exact) mass is 499 g/mol. The molecule has 0 unspecified atom stereocenters. The number of hydrogen-bond donors (Lipinski definition) is 0. The van der Waals surface area contributed by atoms with Gasteiger partial charge in [0.05, 0.1) is 11.0 Å². The molecule has 0 saturated carbocycles. The second-order valence-electron chi connectivity index (χ2n) is 10.3. The first-order valence-electron chi connectivity index (χ1n) is 13.4. The fourth-order valence-electron chi connectivity index (χ4n) is 6.00. The Labute approximate surface area is 226 Å². The number of furan rings is 1. The van der Waals surface area contributed by atoms with Crippen LogP contribution in [-0.4, -0.2) is 4.57 Å². The van der Waals surface area contributed by atoms with E-state index in [9.17, 15) is 0 Å². The topological polar surface area (TPSA) is 18.1 Å². The Morgan fingerprint density at radius 2 is 1.21 bits per heavy atom. The van der Waals surface area contributed by atoms with Crippen LogP contribution in [0.5, 0.6) is 0 Å². The third kappa shape index (κ3) is 3.42. The molecule has 0 aliphatic rings. The lowest BCUT2D eigenvalue weighted by atomic mass is 9.98. The van der Waals surface area contributed by atoms with Crippen LogP contribution in [0.15, 0.2) is 138 Å². The van der Waals surface area contributed by atoms with Crippen molar-refractivity contribution in [2.24, 2.45) is 0 Å². The van der Waals surface area contributed by atoms with Crippen LogP contribution in [-0.2, 0) is 0 Å². The van der Waals surface area contributed by atoms with Crippen LogP contribution in [0, 0.1) is 6.92 Å². The molecule has 8 rings (SSSR count). The molecular weight excluding hydrogens is 474 g/mol. The molecule has 0 fully saturated rings. The van der Waals surface area contributed by atoms with Crippen molar-refractivity contribution in [3.8, 4) is 27.9 Å². The third-order valence-electron chi connectivity index (χ3n) is 7.88. The molecule has 39 heavy (non-hydrogen) atoms. The van der Waals surface area contributed by atoms with Crippen LogP contribution < -0.4 is 0 Å². The molecule has 0 aliphatic carbocycles. The molecule has 0 bridgehead atoms. The van der Waals surface area contributed by atoms with E-state index in [2.05, 4.69) is 133 Å². The SMILES string of the molecule is Cc1ccc(-c2cccc(-n3c4ccccc4c4ccc(-c5cccc6oc7ccccc7c56)cc43)c2)cc1. The van der Waals surface area contributed by atoms with Gasteiger partial charge in [0.1, 0.15) is 11.2 Å². The van der Waals surface area contributed by atoms with Gasteiger partial charge in [-0.25, -0.2) is 0 Å². The summed E-state index contributed by atoms with van der Waals surface area (Å²) in [5.41, 5.74) is 11.5. The van der Waals surface area contributed by atoms with E-state index in [1.165, 1.54) is 49.6 Å². The quantitative estimate of drug-likeness (QED) is 0.236. The summed E-state index contributed by atoms with van der Waals surface area (Å²) < 4.78 is 8.60. The van der Waals surface area contributed by atoms with Crippen LogP contribution in [0.25, 0.3) is 71.7 Å². The highest BCUT2D eigenvalue weighted by Gasteiger charge is 2.16. The van der Waals surface area contributed by atoms with E-state index in [0.717, 1.165) is 27.6 Å². The Hall–Kier alpha value is -5.08. The zero-order chi connectivity index (χ0) is 25.9. The maximum Gasteiger partial charge on any atom is 0.136 e. The highest BCUT2D eigenvalue weighted by Crippen LogP contribution is 2.40. The first-order chi connectivity index (χ1) is 19.2. The average molecular weight is 500 g/mol. The maximum atomic E-state index is 6.20. The molecule has 8 aromatic rings. The lowest BCUT2D eigenvalue weighted by Gasteiger charge is -2.11. The number of fused-ring (bicyclic) bond motifs is 6. The summed E-state index contributed by atoms with van der Waals surface area (Å²) in [5, 5.41) is 4.82. The van der Waals surface area contributed by atoms with Crippen LogP contribution >= 0.6 is 0 Å². The van der Waals surface area contributed by atoms with Crippen molar-refractivity contribution in [2.75, 3.05) is 0 Å². The second kappa shape index (κ2) is 8.47. The number of nitrogens with zero attached hydrogens (tertiary/aromatic N) is 1. The van der Waals surface area contributed by atoms with E-state index < -0.39 is 0 Å². The molecule has 2 heteroatoms. The zero-order valence-electron chi connectivity index (χ0n) is 21.6. The summed E-state index contributed by atoms with van der Waals surface area (Å²) in [6, 6.07) is 47.8. The van der Waals surface area contributed by atoms with Gasteiger partial charge < -0.3 is 8.98 Å². The van der Waals surface area contributed by atoms with Crippen molar-refractivity contribution >= 4 is 43.7 Å². The van der Waals surface area contributed by atoms with Gasteiger partial charge in [0.25, 0.3) is 0 Å². The third-order valence-corrected chi connectivity index (χ3v) is 7.88. The lowest BCUT2D eigenvalue weighted by Crippen LogP contribution is -1.94. The fourth-order valence-corrected chi connectivity index (χ4v) is 6.00. The Kier molecular flexibility index (Phi) is 4.77. The first kappa shape index (κ1) is 22.0. The Balaban J connectivity index is 1.39. The molecule has 0 saturated heterocycles. The van der Waals surface area contributed by atoms with Gasteiger partial charge in [-0.3, -0.25) is 0 Å². The minimum absolute atomic E-state index is 0.917. The molecule has 184 valence electrons. The molecule has 2 aromatic heterocycles. The maximum absolute atomic E-state index is 6.20. The number of para-hydroxylation sites is 2. The predicted octanol–water partition coefficient (Wildman–Crippen LogP) is 10.3. The van der Waals surface area contributed by atoms with Gasteiger partial charge in [-0.15, -0.1) is 0 Å². The van der Waals surface area contributed by atoms with E-state index in [4.69, 9.17) is 4.42 Å². The Morgan fingerprint density at radius 1 is 0.487 bits per heavy atom. The highest BCUT2D eigenvalue weighted by molar-refractivity contribution is 6.14. The molecule has 0 radical (unpaired) electrons. The van der Waals surface area contributed by atoms with Crippen molar-refractivity contribution in [2.45, 2.75) is 6.92 Å². The van der Waals surface area contributed by atoms with Crippen LogP contribution in [0.1, 0.15) is 5.56 Å². The summed E-state index contributed by atoms with van der Waals surface area (Å²) in [7, 11) is 0. The minimum Gasteiger partial charge on any atom is -0.456 e. The lowest BCUT2D eigenvalue weighted by molar-refractivity contribution is 0.669. The molecule has 0 N–H and O–H groups in total. The van der Waals surface area contributed by atoms with E-state index >= 15 is 0 Å². The smallest absolute Gasteiger partial charge is 0.136 e. The summed E-state index contributed by atoms with van der Waals surface area (Å²) in [6.45, 7) is 2.13. The second-order valence-corrected chi connectivity index (χ2v) is 10.3. The molecule has 0 atom stereocenters. The summed E-state index contributed by atoms with van der Waals surface area (Å²) >= 11 is 0. The summed E-state index contributed by atoms with van der Waals surface area (Å²) in [4.78, 5) is 0. The Bertz CT molecular complexity index is 2180. The van der Waals surface area contributed by atoms with Gasteiger partial charge in [-0.05, 0) is 65.6 Å². The number of hydrogen-bond acceptors (Lipinski definition) is 1. The van der Waals surface area contributed by atoms with Crippen molar-refractivity contribution in [3.63, 3.8) is 0 Å². The van der Waals surface area contributed by atoms with Gasteiger partial charge >= 0.3 is 0 Å². The van der Waals surface area contributed by atoms with E-state index in [1.807, 2.05) is 12.1 Å². The Morgan fingerprint density at radius 3 is 2.10 bits per heavy atom. The highest BCUT2D eigenvalue weighted by atomic mass is 16.3. The number of benzene rings is 6. The van der Waals surface area contributed by atoms with E-state index in [0.29, 0.717) is 0 Å². The van der Waals surface area contributed by atoms with Crippen molar-refractivity contribution in [3.05, 3.63) is 139 Å². The molecular formula is C37H25NO. The molecule has 2 heterocycles. The molecule has 6 aromatic carbocycles. The average Bonchev–Trinajstić information content (AvgIpc) is 3.53. The van der Waals surface area contributed by atoms with Gasteiger partial charge in [0.2, 0.25) is 0 Å². The number of aryl methyl sites for hydroxylation is 1. The summed E-state index contributed by atoms with van der Waals surface area (Å²) in [6.07, 6.45) is 0. The largest absolute Gasteiger partial charge is 0.456 e. The number of rotatable bonds is 3. The van der Waals surface area contributed by atoms with E-state index in [1.54, 1.807) is 0 Å². The normalized spacial score (nSPS) is 11.7. The first-order valence-corrected chi connectivity index (χ1v) is 13.4. The zero-order valence-corrected chi connectivity index (χ0v) is 21.6. The van der Waals surface area contributed by atoms with Crippen molar-refractivity contribution in [1.29, 1.82) is 0 Å². The van der Waals surface area contributed by atoms with Gasteiger partial charge in [0, 0.05) is 27.2 Å². The van der Waals surface area contributed by atoms with Gasteiger partial charge in [-0.2, -0.15) is 0 Å². The molecule has 0 aliphatic heterocycles. The minimum atomic E-state index is 0.917. The van der Waals surface area contributed by atoms with Crippen LogP contribution in [0.2, 0.25) is 0 Å². The molecule has 0 spiro atoms. The van der Waals surface area contributed by atoms with Crippen molar-refractivity contribution in [1.82, 2.24) is 4.57 Å². The van der Waals surface area contributed by atoms with Crippen LogP contribution in [0.4, 0.5) is 0 Å². The van der Waals surface area contributed by atoms with Crippen LogP contribution in [0.3, 0.4) is 0 Å². The van der Waals surface area contributed by atoms with Crippen molar-refractivity contribution < 1.29 is 4.42 Å². The molecule has 0 amide bonds. The predicted molar refractivity (Wildman–Crippen MR) is 164 cm³/mol. The van der Waals surface area contributed by atoms with Gasteiger partial charge in [0.15, 0.2) is 0 Å². The molecule has 2 nitrogen and oxygen atoms in total. The van der Waals surface area contributed by atoms with E-state index in [-0.39, 0.29) is 0 Å². The van der Waals surface area contributed by atoms with Gasteiger partial charge in [-0.1, -0.05) is 103 Å². The fraction of sp³-hybridized carbons (Fsp3) is 0.0270. The number of aromatic nitrogens is 1. The standard InChI is InChI=1S/C37H25NO/c1-24-16-18-25(19-17-24)26-8-6-9-28(22-26)38-33-13-4-2-10-30(33)31-21-20-27(23-34(31)38)29-12-7-15-36-37(29)32-11-3-5-14-35(32)39-36/h2-23H,1H3.